The van der Waals surface area contributed by atoms with Gasteiger partial charge in [0.25, 0.3) is 0 Å². The Labute approximate surface area is 139 Å². The summed E-state index contributed by atoms with van der Waals surface area (Å²) in [6.07, 6.45) is 4.99. The number of carbonyl (C=O) groups is 1. The Morgan fingerprint density at radius 3 is 2.43 bits per heavy atom. The molecule has 1 amide bonds. The fourth-order valence-corrected chi connectivity index (χ4v) is 5.14. The van der Waals surface area contributed by atoms with Gasteiger partial charge < -0.3 is 15.4 Å². The Bertz CT molecular complexity index is 513. The molecule has 1 saturated heterocycles. The van der Waals surface area contributed by atoms with Crippen molar-refractivity contribution in [3.63, 3.8) is 0 Å². The number of hydrogen-bond donors (Lipinski definition) is 2. The molecule has 1 heterocycles. The smallest absolute Gasteiger partial charge is 0.407 e. The van der Waals surface area contributed by atoms with Crippen LogP contribution in [0.5, 0.6) is 0 Å². The van der Waals surface area contributed by atoms with Crippen LogP contribution in [0.4, 0.5) is 4.79 Å². The highest BCUT2D eigenvalue weighted by atomic mass is 32.2. The summed E-state index contributed by atoms with van der Waals surface area (Å²) < 4.78 is 29.0. The molecule has 0 aromatic heterocycles. The first-order chi connectivity index (χ1) is 10.7. The molecular weight excluding hydrogens is 316 g/mol. The molecule has 3 unspecified atom stereocenters. The van der Waals surface area contributed by atoms with E-state index in [1.807, 2.05) is 20.8 Å². The Kier molecular flexibility index (Phi) is 5.94. The number of nitrogens with one attached hydrogen (secondary N) is 2. The largest absolute Gasteiger partial charge is 0.444 e. The zero-order valence-electron chi connectivity index (χ0n) is 14.4. The standard InChI is InChI=1S/C16H30N2O4S/c1-16(2,3)22-15(19)18-13-7-4-6-12(10-13)17-11-14-8-5-9-23(14,20)21/h12-14,17H,4-11H2,1-3H3,(H,18,19). The number of sulfone groups is 1. The highest BCUT2D eigenvalue weighted by molar-refractivity contribution is 7.92. The topological polar surface area (TPSA) is 84.5 Å². The quantitative estimate of drug-likeness (QED) is 0.813. The Hall–Kier alpha value is -0.820. The van der Waals surface area contributed by atoms with E-state index in [0.717, 1.165) is 38.5 Å². The fraction of sp³-hybridized carbons (Fsp3) is 0.938. The van der Waals surface area contributed by atoms with E-state index < -0.39 is 15.4 Å². The number of carbonyl (C=O) groups excluding carboxylic acids is 1. The van der Waals surface area contributed by atoms with E-state index in [-0.39, 0.29) is 23.4 Å². The number of ether oxygens (including phenoxy) is 1. The lowest BCUT2D eigenvalue weighted by atomic mass is 9.91. The average Bonchev–Trinajstić information content (AvgIpc) is 2.73. The number of alkyl carbamates (subject to hydrolysis) is 1. The molecule has 23 heavy (non-hydrogen) atoms. The highest BCUT2D eigenvalue weighted by Crippen LogP contribution is 2.22. The second kappa shape index (κ2) is 7.38. The van der Waals surface area contributed by atoms with Gasteiger partial charge in [-0.15, -0.1) is 0 Å². The number of rotatable bonds is 4. The summed E-state index contributed by atoms with van der Waals surface area (Å²) in [6.45, 7) is 6.08. The van der Waals surface area contributed by atoms with Gasteiger partial charge in [-0.3, -0.25) is 0 Å². The van der Waals surface area contributed by atoms with Crippen LogP contribution in [-0.4, -0.2) is 49.7 Å². The molecule has 0 aromatic rings. The summed E-state index contributed by atoms with van der Waals surface area (Å²) in [7, 11) is -2.89. The fourth-order valence-electron chi connectivity index (χ4n) is 3.37. The summed E-state index contributed by atoms with van der Waals surface area (Å²) in [5.74, 6) is 0.326. The van der Waals surface area contributed by atoms with Gasteiger partial charge in [-0.25, -0.2) is 13.2 Å². The van der Waals surface area contributed by atoms with Crippen molar-refractivity contribution >= 4 is 15.9 Å². The Balaban J connectivity index is 1.76. The molecule has 1 aliphatic carbocycles. The van der Waals surface area contributed by atoms with Crippen molar-refractivity contribution in [2.75, 3.05) is 12.3 Å². The summed E-state index contributed by atoms with van der Waals surface area (Å²) in [5, 5.41) is 6.09. The van der Waals surface area contributed by atoms with Gasteiger partial charge >= 0.3 is 6.09 Å². The molecule has 2 aliphatic rings. The van der Waals surface area contributed by atoms with Crippen molar-refractivity contribution < 1.29 is 17.9 Å². The van der Waals surface area contributed by atoms with Gasteiger partial charge in [-0.05, 0) is 59.3 Å². The summed E-state index contributed by atoms with van der Waals surface area (Å²) in [6, 6.07) is 0.357. The van der Waals surface area contributed by atoms with Gasteiger partial charge in [0, 0.05) is 18.6 Å². The summed E-state index contributed by atoms with van der Waals surface area (Å²) in [4.78, 5) is 11.9. The van der Waals surface area contributed by atoms with E-state index >= 15 is 0 Å². The average molecular weight is 346 g/mol. The predicted octanol–water partition coefficient (Wildman–Crippen LogP) is 1.99. The lowest BCUT2D eigenvalue weighted by Gasteiger charge is -2.31. The maximum Gasteiger partial charge on any atom is 0.407 e. The second-order valence-corrected chi connectivity index (χ2v) is 10.1. The van der Waals surface area contributed by atoms with E-state index in [1.165, 1.54) is 0 Å². The van der Waals surface area contributed by atoms with Crippen LogP contribution in [0.15, 0.2) is 0 Å². The van der Waals surface area contributed by atoms with E-state index in [1.54, 1.807) is 0 Å². The number of hydrogen-bond acceptors (Lipinski definition) is 5. The van der Waals surface area contributed by atoms with Gasteiger partial charge in [-0.1, -0.05) is 0 Å². The van der Waals surface area contributed by atoms with E-state index in [4.69, 9.17) is 4.74 Å². The molecule has 2 N–H and O–H groups in total. The molecule has 3 atom stereocenters. The first-order valence-electron chi connectivity index (χ1n) is 8.60. The third kappa shape index (κ3) is 5.95. The zero-order valence-corrected chi connectivity index (χ0v) is 15.2. The summed E-state index contributed by atoms with van der Waals surface area (Å²) in [5.41, 5.74) is -0.493. The van der Waals surface area contributed by atoms with Crippen LogP contribution in [0.2, 0.25) is 0 Å². The Morgan fingerprint density at radius 1 is 1.13 bits per heavy atom. The maximum atomic E-state index is 11.9. The summed E-state index contributed by atoms with van der Waals surface area (Å²) >= 11 is 0. The lowest BCUT2D eigenvalue weighted by Crippen LogP contribution is -2.47. The van der Waals surface area contributed by atoms with Crippen LogP contribution >= 0.6 is 0 Å². The van der Waals surface area contributed by atoms with Crippen LogP contribution in [0.1, 0.15) is 59.3 Å². The van der Waals surface area contributed by atoms with E-state index in [9.17, 15) is 13.2 Å². The van der Waals surface area contributed by atoms with Gasteiger partial charge in [-0.2, -0.15) is 0 Å². The van der Waals surface area contributed by atoms with E-state index in [2.05, 4.69) is 10.6 Å². The molecule has 0 spiro atoms. The molecule has 2 fully saturated rings. The zero-order chi connectivity index (χ0) is 17.1. The van der Waals surface area contributed by atoms with Crippen LogP contribution < -0.4 is 10.6 Å². The Morgan fingerprint density at radius 2 is 1.83 bits per heavy atom. The molecular formula is C16H30N2O4S. The minimum Gasteiger partial charge on any atom is -0.444 e. The molecule has 6 nitrogen and oxygen atoms in total. The molecule has 7 heteroatoms. The van der Waals surface area contributed by atoms with Crippen LogP contribution in [0.25, 0.3) is 0 Å². The molecule has 0 radical (unpaired) electrons. The molecule has 134 valence electrons. The minimum atomic E-state index is -2.89. The molecule has 0 bridgehead atoms. The van der Waals surface area contributed by atoms with Crippen molar-refractivity contribution in [3.8, 4) is 0 Å². The first kappa shape index (κ1) is 18.5. The maximum absolute atomic E-state index is 11.9. The van der Waals surface area contributed by atoms with Crippen LogP contribution in [0, 0.1) is 0 Å². The third-order valence-electron chi connectivity index (χ3n) is 4.49. The lowest BCUT2D eigenvalue weighted by molar-refractivity contribution is 0.0488. The van der Waals surface area contributed by atoms with Gasteiger partial charge in [0.2, 0.25) is 0 Å². The molecule has 2 rings (SSSR count). The second-order valence-electron chi connectivity index (χ2n) is 7.75. The van der Waals surface area contributed by atoms with Crippen LogP contribution in [0.3, 0.4) is 0 Å². The number of amides is 1. The van der Waals surface area contributed by atoms with Crippen LogP contribution in [-0.2, 0) is 14.6 Å². The normalized spacial score (nSPS) is 30.8. The van der Waals surface area contributed by atoms with Crippen molar-refractivity contribution in [2.24, 2.45) is 0 Å². The van der Waals surface area contributed by atoms with E-state index in [0.29, 0.717) is 12.3 Å². The minimum absolute atomic E-state index is 0.0938. The van der Waals surface area contributed by atoms with Crippen molar-refractivity contribution in [3.05, 3.63) is 0 Å². The van der Waals surface area contributed by atoms with Gasteiger partial charge in [0.1, 0.15) is 5.60 Å². The van der Waals surface area contributed by atoms with Crippen molar-refractivity contribution in [1.29, 1.82) is 0 Å². The SMILES string of the molecule is CC(C)(C)OC(=O)NC1CCCC(NCC2CCCS2(=O)=O)C1. The van der Waals surface area contributed by atoms with Gasteiger partial charge in [0.15, 0.2) is 9.84 Å². The molecule has 1 saturated carbocycles. The molecule has 1 aliphatic heterocycles. The third-order valence-corrected chi connectivity index (χ3v) is 6.77. The van der Waals surface area contributed by atoms with Crippen molar-refractivity contribution in [2.45, 2.75) is 82.2 Å². The monoisotopic (exact) mass is 346 g/mol. The molecule has 0 aromatic carbocycles. The van der Waals surface area contributed by atoms with Gasteiger partial charge in [0.05, 0.1) is 11.0 Å². The van der Waals surface area contributed by atoms with Crippen molar-refractivity contribution in [1.82, 2.24) is 10.6 Å². The highest BCUT2D eigenvalue weighted by Gasteiger charge is 2.32. The predicted molar refractivity (Wildman–Crippen MR) is 90.2 cm³/mol. The first-order valence-corrected chi connectivity index (χ1v) is 10.3.